The normalized spacial score (nSPS) is 12.7. The SMILES string of the molecule is Nc1ccc(S(=O)(=O)CCCC(F)(F)F)c(Cl)c1. The van der Waals surface area contributed by atoms with Crippen LogP contribution < -0.4 is 5.73 Å². The molecular weight excluding hydrogens is 291 g/mol. The summed E-state index contributed by atoms with van der Waals surface area (Å²) in [5.41, 5.74) is 5.69. The molecule has 1 aromatic carbocycles. The minimum atomic E-state index is -4.36. The highest BCUT2D eigenvalue weighted by Crippen LogP contribution is 2.27. The largest absolute Gasteiger partial charge is 0.399 e. The van der Waals surface area contributed by atoms with Crippen LogP contribution in [0.2, 0.25) is 5.02 Å². The van der Waals surface area contributed by atoms with Crippen LogP contribution in [0.1, 0.15) is 12.8 Å². The van der Waals surface area contributed by atoms with Crippen LogP contribution in [0.25, 0.3) is 0 Å². The zero-order valence-corrected chi connectivity index (χ0v) is 10.7. The van der Waals surface area contributed by atoms with Gasteiger partial charge in [-0.15, -0.1) is 0 Å². The maximum absolute atomic E-state index is 11.9. The first kappa shape index (κ1) is 15.1. The lowest BCUT2D eigenvalue weighted by molar-refractivity contribution is -0.134. The van der Waals surface area contributed by atoms with Crippen LogP contribution in [0.3, 0.4) is 0 Å². The van der Waals surface area contributed by atoms with Crippen molar-refractivity contribution in [3.63, 3.8) is 0 Å². The number of anilines is 1. The highest BCUT2D eigenvalue weighted by Gasteiger charge is 2.28. The summed E-state index contributed by atoms with van der Waals surface area (Å²) in [4.78, 5) is -0.194. The molecule has 0 aromatic heterocycles. The van der Waals surface area contributed by atoms with Crippen molar-refractivity contribution in [1.82, 2.24) is 0 Å². The number of rotatable bonds is 4. The molecule has 102 valence electrons. The minimum Gasteiger partial charge on any atom is -0.399 e. The maximum Gasteiger partial charge on any atom is 0.389 e. The minimum absolute atomic E-state index is 0.0815. The van der Waals surface area contributed by atoms with Crippen LogP contribution in [0.4, 0.5) is 18.9 Å². The van der Waals surface area contributed by atoms with Gasteiger partial charge in [0.1, 0.15) is 0 Å². The summed E-state index contributed by atoms with van der Waals surface area (Å²) < 4.78 is 59.3. The van der Waals surface area contributed by atoms with Crippen molar-refractivity contribution >= 4 is 27.1 Å². The smallest absolute Gasteiger partial charge is 0.389 e. The Morgan fingerprint density at radius 3 is 2.39 bits per heavy atom. The monoisotopic (exact) mass is 301 g/mol. The summed E-state index contributed by atoms with van der Waals surface area (Å²) >= 11 is 5.70. The Hall–Kier alpha value is -0.950. The van der Waals surface area contributed by atoms with Gasteiger partial charge in [0.05, 0.1) is 15.7 Å². The van der Waals surface area contributed by atoms with Crippen molar-refractivity contribution < 1.29 is 21.6 Å². The van der Waals surface area contributed by atoms with Gasteiger partial charge in [-0.1, -0.05) is 11.6 Å². The van der Waals surface area contributed by atoms with Gasteiger partial charge in [-0.3, -0.25) is 0 Å². The second kappa shape index (κ2) is 5.36. The van der Waals surface area contributed by atoms with E-state index in [4.69, 9.17) is 17.3 Å². The van der Waals surface area contributed by atoms with E-state index < -0.39 is 34.6 Å². The van der Waals surface area contributed by atoms with E-state index >= 15 is 0 Å². The molecule has 18 heavy (non-hydrogen) atoms. The van der Waals surface area contributed by atoms with Crippen molar-refractivity contribution in [2.75, 3.05) is 11.5 Å². The molecule has 0 aliphatic heterocycles. The zero-order chi connectivity index (χ0) is 14.0. The molecule has 0 saturated carbocycles. The number of nitrogens with two attached hydrogens (primary N) is 1. The van der Waals surface area contributed by atoms with Crippen LogP contribution in [-0.4, -0.2) is 20.3 Å². The maximum atomic E-state index is 11.9. The molecule has 0 spiro atoms. The van der Waals surface area contributed by atoms with Gasteiger partial charge in [0.25, 0.3) is 0 Å². The number of halogens is 4. The Morgan fingerprint density at radius 2 is 1.89 bits per heavy atom. The fraction of sp³-hybridized carbons (Fsp3) is 0.400. The molecule has 0 aliphatic carbocycles. The highest BCUT2D eigenvalue weighted by molar-refractivity contribution is 7.91. The van der Waals surface area contributed by atoms with Crippen molar-refractivity contribution in [2.45, 2.75) is 23.9 Å². The Bertz CT molecular complexity index is 528. The fourth-order valence-electron chi connectivity index (χ4n) is 1.34. The van der Waals surface area contributed by atoms with Crippen molar-refractivity contribution in [3.8, 4) is 0 Å². The molecule has 0 fully saturated rings. The van der Waals surface area contributed by atoms with E-state index in [1.54, 1.807) is 0 Å². The Kier molecular flexibility index (Phi) is 4.50. The van der Waals surface area contributed by atoms with E-state index in [0.717, 1.165) is 0 Å². The molecule has 0 saturated heterocycles. The van der Waals surface area contributed by atoms with Gasteiger partial charge in [-0.25, -0.2) is 8.42 Å². The Labute approximate surface area is 108 Å². The van der Waals surface area contributed by atoms with E-state index in [2.05, 4.69) is 0 Å². The summed E-state index contributed by atoms with van der Waals surface area (Å²) in [6.45, 7) is 0. The van der Waals surface area contributed by atoms with Crippen LogP contribution in [0.5, 0.6) is 0 Å². The molecule has 0 atom stereocenters. The quantitative estimate of drug-likeness (QED) is 0.870. The van der Waals surface area contributed by atoms with Crippen LogP contribution in [0.15, 0.2) is 23.1 Å². The summed E-state index contributed by atoms with van der Waals surface area (Å²) in [6, 6.07) is 3.78. The number of alkyl halides is 3. The third kappa shape index (κ3) is 4.38. The predicted octanol–water partition coefficient (Wildman–Crippen LogP) is 3.04. The molecule has 0 aliphatic rings. The first-order valence-electron chi connectivity index (χ1n) is 4.96. The second-order valence-corrected chi connectivity index (χ2v) is 6.21. The molecule has 3 nitrogen and oxygen atoms in total. The molecule has 2 N–H and O–H groups in total. The lowest BCUT2D eigenvalue weighted by Gasteiger charge is -2.08. The number of sulfone groups is 1. The van der Waals surface area contributed by atoms with E-state index in [1.807, 2.05) is 0 Å². The summed E-state index contributed by atoms with van der Waals surface area (Å²) in [6.07, 6.45) is -5.99. The molecule has 0 bridgehead atoms. The molecule has 0 unspecified atom stereocenters. The molecule has 0 heterocycles. The number of nitrogen functional groups attached to an aromatic ring is 1. The van der Waals surface area contributed by atoms with Gasteiger partial charge in [0, 0.05) is 12.1 Å². The topological polar surface area (TPSA) is 60.2 Å². The van der Waals surface area contributed by atoms with Crippen molar-refractivity contribution in [3.05, 3.63) is 23.2 Å². The molecule has 8 heteroatoms. The molecule has 0 amide bonds. The molecule has 0 radical (unpaired) electrons. The highest BCUT2D eigenvalue weighted by atomic mass is 35.5. The third-order valence-corrected chi connectivity index (χ3v) is 4.44. The van der Waals surface area contributed by atoms with Gasteiger partial charge < -0.3 is 5.73 Å². The molecule has 1 aromatic rings. The Balaban J connectivity index is 2.81. The Morgan fingerprint density at radius 1 is 1.28 bits per heavy atom. The predicted molar refractivity (Wildman–Crippen MR) is 63.2 cm³/mol. The fourth-order valence-corrected chi connectivity index (χ4v) is 3.26. The van der Waals surface area contributed by atoms with E-state index in [0.29, 0.717) is 0 Å². The van der Waals surface area contributed by atoms with Crippen molar-refractivity contribution in [1.29, 1.82) is 0 Å². The van der Waals surface area contributed by atoms with E-state index in [-0.39, 0.29) is 15.6 Å². The van der Waals surface area contributed by atoms with Gasteiger partial charge in [-0.05, 0) is 24.6 Å². The van der Waals surface area contributed by atoms with Crippen molar-refractivity contribution in [2.24, 2.45) is 0 Å². The van der Waals surface area contributed by atoms with Crippen LogP contribution in [0, 0.1) is 0 Å². The van der Waals surface area contributed by atoms with Gasteiger partial charge in [-0.2, -0.15) is 13.2 Å². The number of hydrogen-bond acceptors (Lipinski definition) is 3. The van der Waals surface area contributed by atoms with Gasteiger partial charge >= 0.3 is 6.18 Å². The van der Waals surface area contributed by atoms with Crippen LogP contribution >= 0.6 is 11.6 Å². The summed E-state index contributed by atoms with van der Waals surface area (Å²) in [5, 5.41) is -0.0815. The standard InChI is InChI=1S/C10H11ClF3NO2S/c11-8-6-7(15)2-3-9(8)18(16,17)5-1-4-10(12,13)14/h2-3,6H,1,4-5,15H2. The average molecular weight is 302 g/mol. The van der Waals surface area contributed by atoms with Gasteiger partial charge in [0.2, 0.25) is 0 Å². The first-order valence-corrected chi connectivity index (χ1v) is 6.99. The van der Waals surface area contributed by atoms with E-state index in [1.165, 1.54) is 18.2 Å². The number of benzene rings is 1. The lowest BCUT2D eigenvalue weighted by Crippen LogP contribution is -2.13. The third-order valence-electron chi connectivity index (χ3n) is 2.16. The zero-order valence-electron chi connectivity index (χ0n) is 9.17. The van der Waals surface area contributed by atoms with Crippen LogP contribution in [-0.2, 0) is 9.84 Å². The second-order valence-electron chi connectivity index (χ2n) is 3.73. The summed E-state index contributed by atoms with van der Waals surface area (Å²) in [7, 11) is -3.82. The number of hydrogen-bond donors (Lipinski definition) is 1. The van der Waals surface area contributed by atoms with Gasteiger partial charge in [0.15, 0.2) is 9.84 Å². The summed E-state index contributed by atoms with van der Waals surface area (Å²) in [5.74, 6) is -0.601. The first-order chi connectivity index (χ1) is 8.12. The molecule has 1 rings (SSSR count). The lowest BCUT2D eigenvalue weighted by atomic mass is 10.3. The van der Waals surface area contributed by atoms with E-state index in [9.17, 15) is 21.6 Å². The molecular formula is C10H11ClF3NO2S. The average Bonchev–Trinajstić information content (AvgIpc) is 2.13.